The molecule has 0 spiro atoms. The van der Waals surface area contributed by atoms with Crippen molar-refractivity contribution >= 4 is 0 Å². The van der Waals surface area contributed by atoms with Gasteiger partial charge >= 0.3 is 0 Å². The van der Waals surface area contributed by atoms with Crippen LogP contribution in [0.25, 0.3) is 0 Å². The van der Waals surface area contributed by atoms with Crippen LogP contribution in [0.2, 0.25) is 0 Å². The second-order valence-electron chi connectivity index (χ2n) is 5.15. The van der Waals surface area contributed by atoms with Crippen LogP contribution in [0.1, 0.15) is 24.5 Å². The van der Waals surface area contributed by atoms with E-state index < -0.39 is 5.82 Å². The molecule has 0 aliphatic carbocycles. The number of hydrogen-bond donors (Lipinski definition) is 1. The molecule has 0 heterocycles. The average molecular weight is 291 g/mol. The van der Waals surface area contributed by atoms with E-state index in [2.05, 4.69) is 0 Å². The van der Waals surface area contributed by atoms with Crippen molar-refractivity contribution in [1.29, 1.82) is 0 Å². The van der Waals surface area contributed by atoms with E-state index in [1.165, 1.54) is 12.1 Å². The summed E-state index contributed by atoms with van der Waals surface area (Å²) in [5, 5.41) is 0. The van der Waals surface area contributed by atoms with E-state index in [0.29, 0.717) is 12.0 Å². The molecule has 2 N–H and O–H groups in total. The summed E-state index contributed by atoms with van der Waals surface area (Å²) in [5.74, 6) is -0.502. The lowest BCUT2D eigenvalue weighted by atomic mass is 10.0. The second kappa shape index (κ2) is 6.68. The van der Waals surface area contributed by atoms with Crippen LogP contribution >= 0.6 is 0 Å². The molecule has 21 heavy (non-hydrogen) atoms. The first-order chi connectivity index (χ1) is 9.99. The molecule has 1 atom stereocenters. The number of rotatable bonds is 5. The normalized spacial score (nSPS) is 12.2. The predicted molar refractivity (Wildman–Crippen MR) is 79.6 cm³/mol. The standard InChI is InChI=1S/C17H19F2NO/c1-3-13(20)8-12-5-7-17(16(19)9-12)21-14-6-4-11(2)15(18)10-14/h4-7,9-10,13H,3,8,20H2,1-2H3. The first-order valence-electron chi connectivity index (χ1n) is 6.97. The molecule has 112 valence electrons. The lowest BCUT2D eigenvalue weighted by Crippen LogP contribution is -2.21. The van der Waals surface area contributed by atoms with Gasteiger partial charge in [-0.15, -0.1) is 0 Å². The minimum absolute atomic E-state index is 0.0161. The van der Waals surface area contributed by atoms with Gasteiger partial charge in [-0.2, -0.15) is 0 Å². The van der Waals surface area contributed by atoms with Gasteiger partial charge in [0.15, 0.2) is 11.6 Å². The summed E-state index contributed by atoms with van der Waals surface area (Å²) in [4.78, 5) is 0. The largest absolute Gasteiger partial charge is 0.454 e. The Labute approximate surface area is 123 Å². The molecule has 2 rings (SSSR count). The van der Waals surface area contributed by atoms with Gasteiger partial charge < -0.3 is 10.5 Å². The van der Waals surface area contributed by atoms with E-state index in [9.17, 15) is 8.78 Å². The van der Waals surface area contributed by atoms with Crippen LogP contribution in [0, 0.1) is 18.6 Å². The van der Waals surface area contributed by atoms with Crippen molar-refractivity contribution in [2.45, 2.75) is 32.7 Å². The zero-order valence-corrected chi connectivity index (χ0v) is 12.2. The number of hydrogen-bond acceptors (Lipinski definition) is 2. The van der Waals surface area contributed by atoms with Crippen LogP contribution in [-0.2, 0) is 6.42 Å². The Bertz CT molecular complexity index is 628. The maximum atomic E-state index is 14.0. The molecule has 0 bridgehead atoms. The molecule has 0 aromatic heterocycles. The van der Waals surface area contributed by atoms with Gasteiger partial charge in [0.1, 0.15) is 11.6 Å². The highest BCUT2D eigenvalue weighted by molar-refractivity contribution is 5.36. The highest BCUT2D eigenvalue weighted by atomic mass is 19.1. The summed E-state index contributed by atoms with van der Waals surface area (Å²) in [5.41, 5.74) is 7.20. The maximum Gasteiger partial charge on any atom is 0.165 e. The van der Waals surface area contributed by atoms with E-state index in [4.69, 9.17) is 10.5 Å². The van der Waals surface area contributed by atoms with Crippen LogP contribution in [0.15, 0.2) is 36.4 Å². The van der Waals surface area contributed by atoms with Crippen molar-refractivity contribution in [2.24, 2.45) is 5.73 Å². The monoisotopic (exact) mass is 291 g/mol. The Hall–Kier alpha value is -1.94. The van der Waals surface area contributed by atoms with E-state index in [0.717, 1.165) is 12.0 Å². The Morgan fingerprint density at radius 3 is 2.48 bits per heavy atom. The Kier molecular flexibility index (Phi) is 4.91. The fourth-order valence-electron chi connectivity index (χ4n) is 1.97. The molecule has 0 radical (unpaired) electrons. The lowest BCUT2D eigenvalue weighted by Gasteiger charge is -2.11. The van der Waals surface area contributed by atoms with Crippen molar-refractivity contribution in [3.63, 3.8) is 0 Å². The van der Waals surface area contributed by atoms with E-state index in [1.807, 2.05) is 6.92 Å². The summed E-state index contributed by atoms with van der Waals surface area (Å²) >= 11 is 0. The van der Waals surface area contributed by atoms with Gasteiger partial charge in [-0.3, -0.25) is 0 Å². The highest BCUT2D eigenvalue weighted by Gasteiger charge is 2.09. The molecule has 0 saturated carbocycles. The smallest absolute Gasteiger partial charge is 0.165 e. The van der Waals surface area contributed by atoms with Crippen LogP contribution < -0.4 is 10.5 Å². The molecule has 0 fully saturated rings. The zero-order valence-electron chi connectivity index (χ0n) is 12.2. The lowest BCUT2D eigenvalue weighted by molar-refractivity contribution is 0.437. The summed E-state index contributed by atoms with van der Waals surface area (Å²) < 4.78 is 32.8. The molecular formula is C17H19F2NO. The molecule has 1 unspecified atom stereocenters. The number of ether oxygens (including phenoxy) is 1. The molecule has 0 aliphatic rings. The average Bonchev–Trinajstić information content (AvgIpc) is 2.45. The summed E-state index contributed by atoms with van der Waals surface area (Å²) in [6.07, 6.45) is 1.45. The SMILES string of the molecule is CCC(N)Cc1ccc(Oc2ccc(C)c(F)c2)c(F)c1. The minimum atomic E-state index is -0.475. The third kappa shape index (κ3) is 4.02. The van der Waals surface area contributed by atoms with Gasteiger partial charge in [0.2, 0.25) is 0 Å². The van der Waals surface area contributed by atoms with Gasteiger partial charge in [-0.25, -0.2) is 8.78 Å². The summed E-state index contributed by atoms with van der Waals surface area (Å²) in [6.45, 7) is 3.65. The second-order valence-corrected chi connectivity index (χ2v) is 5.15. The van der Waals surface area contributed by atoms with Gasteiger partial charge in [0.05, 0.1) is 0 Å². The number of nitrogens with two attached hydrogens (primary N) is 1. The fourth-order valence-corrected chi connectivity index (χ4v) is 1.97. The van der Waals surface area contributed by atoms with Crippen LogP contribution in [0.3, 0.4) is 0 Å². The Morgan fingerprint density at radius 1 is 1.10 bits per heavy atom. The van der Waals surface area contributed by atoms with E-state index >= 15 is 0 Å². The van der Waals surface area contributed by atoms with Crippen molar-refractivity contribution in [3.05, 3.63) is 59.2 Å². The zero-order chi connectivity index (χ0) is 15.4. The molecule has 4 heteroatoms. The molecular weight excluding hydrogens is 272 g/mol. The van der Waals surface area contributed by atoms with E-state index in [1.54, 1.807) is 31.2 Å². The third-order valence-corrected chi connectivity index (χ3v) is 3.39. The molecule has 2 aromatic carbocycles. The van der Waals surface area contributed by atoms with Gasteiger partial charge in [-0.1, -0.05) is 19.1 Å². The number of halogens is 2. The first-order valence-corrected chi connectivity index (χ1v) is 6.97. The van der Waals surface area contributed by atoms with Crippen LogP contribution in [-0.4, -0.2) is 6.04 Å². The van der Waals surface area contributed by atoms with Crippen molar-refractivity contribution in [2.75, 3.05) is 0 Å². The maximum absolute atomic E-state index is 14.0. The molecule has 0 amide bonds. The van der Waals surface area contributed by atoms with Gasteiger partial charge in [0, 0.05) is 12.1 Å². The molecule has 2 aromatic rings. The van der Waals surface area contributed by atoms with Gasteiger partial charge in [-0.05, 0) is 49.1 Å². The third-order valence-electron chi connectivity index (χ3n) is 3.39. The quantitative estimate of drug-likeness (QED) is 0.889. The van der Waals surface area contributed by atoms with Crippen LogP contribution in [0.4, 0.5) is 8.78 Å². The number of aryl methyl sites for hydroxylation is 1. The molecule has 0 saturated heterocycles. The predicted octanol–water partition coefficient (Wildman–Crippen LogP) is 4.35. The molecule has 0 aliphatic heterocycles. The minimum Gasteiger partial charge on any atom is -0.454 e. The molecule has 2 nitrogen and oxygen atoms in total. The van der Waals surface area contributed by atoms with Crippen LogP contribution in [0.5, 0.6) is 11.5 Å². The fraction of sp³-hybridized carbons (Fsp3) is 0.294. The Morgan fingerprint density at radius 2 is 1.86 bits per heavy atom. The van der Waals surface area contributed by atoms with Crippen molar-refractivity contribution in [3.8, 4) is 11.5 Å². The first kappa shape index (κ1) is 15.4. The highest BCUT2D eigenvalue weighted by Crippen LogP contribution is 2.26. The Balaban J connectivity index is 2.15. The van der Waals surface area contributed by atoms with Crippen molar-refractivity contribution < 1.29 is 13.5 Å². The topological polar surface area (TPSA) is 35.2 Å². The van der Waals surface area contributed by atoms with Gasteiger partial charge in [0.25, 0.3) is 0 Å². The summed E-state index contributed by atoms with van der Waals surface area (Å²) in [7, 11) is 0. The number of benzene rings is 2. The van der Waals surface area contributed by atoms with E-state index in [-0.39, 0.29) is 23.4 Å². The summed E-state index contributed by atoms with van der Waals surface area (Å²) in [6, 6.07) is 9.20. The van der Waals surface area contributed by atoms with Crippen molar-refractivity contribution in [1.82, 2.24) is 0 Å².